The third-order valence-corrected chi connectivity index (χ3v) is 2.95. The van der Waals surface area contributed by atoms with Crippen LogP contribution in [-0.2, 0) is 0 Å². The van der Waals surface area contributed by atoms with Gasteiger partial charge in [0.15, 0.2) is 0 Å². The van der Waals surface area contributed by atoms with Crippen molar-refractivity contribution < 1.29 is 27.9 Å². The van der Waals surface area contributed by atoms with Gasteiger partial charge in [0.2, 0.25) is 5.01 Å². The van der Waals surface area contributed by atoms with Gasteiger partial charge in [-0.1, -0.05) is 0 Å². The van der Waals surface area contributed by atoms with Gasteiger partial charge in [0, 0.05) is 13.6 Å². The summed E-state index contributed by atoms with van der Waals surface area (Å²) in [5.74, 6) is -1.96. The van der Waals surface area contributed by atoms with Crippen LogP contribution in [0.3, 0.4) is 0 Å². The predicted octanol–water partition coefficient (Wildman–Crippen LogP) is 1.87. The highest BCUT2D eigenvalue weighted by molar-refractivity contribution is 7.15. The molecule has 1 aromatic rings. The van der Waals surface area contributed by atoms with Gasteiger partial charge in [0.1, 0.15) is 4.88 Å². The van der Waals surface area contributed by atoms with E-state index < -0.39 is 31.0 Å². The van der Waals surface area contributed by atoms with Crippen molar-refractivity contribution in [3.63, 3.8) is 0 Å². The third kappa shape index (κ3) is 3.99. The molecule has 0 aromatic carbocycles. The molecule has 1 amide bonds. The Morgan fingerprint density at radius 3 is 2.56 bits per heavy atom. The molecule has 100 valence electrons. The van der Waals surface area contributed by atoms with E-state index in [1.54, 1.807) is 0 Å². The maximum absolute atomic E-state index is 12.0. The lowest BCUT2D eigenvalue weighted by atomic mass is 10.3. The minimum atomic E-state index is -4.34. The molecule has 9 heteroatoms. The van der Waals surface area contributed by atoms with Gasteiger partial charge >= 0.3 is 12.1 Å². The van der Waals surface area contributed by atoms with E-state index in [1.165, 1.54) is 7.05 Å². The molecule has 0 saturated carbocycles. The summed E-state index contributed by atoms with van der Waals surface area (Å²) in [5, 5.41) is 8.33. The maximum Gasteiger partial charge on any atom is 0.390 e. The van der Waals surface area contributed by atoms with E-state index in [1.807, 2.05) is 0 Å². The van der Waals surface area contributed by atoms with Gasteiger partial charge in [-0.05, 0) is 0 Å². The van der Waals surface area contributed by atoms with Crippen LogP contribution in [0.15, 0.2) is 6.20 Å². The zero-order chi connectivity index (χ0) is 13.9. The van der Waals surface area contributed by atoms with E-state index in [0.29, 0.717) is 11.3 Å². The number of carbonyl (C=O) groups is 2. The number of rotatable bonds is 4. The van der Waals surface area contributed by atoms with Crippen LogP contribution in [0.4, 0.5) is 13.2 Å². The first-order valence-electron chi connectivity index (χ1n) is 4.72. The van der Waals surface area contributed by atoms with Crippen LogP contribution in [0.1, 0.15) is 25.9 Å². The Morgan fingerprint density at radius 2 is 2.11 bits per heavy atom. The number of thiazole rings is 1. The van der Waals surface area contributed by atoms with Crippen LogP contribution in [0, 0.1) is 0 Å². The number of aromatic nitrogens is 1. The zero-order valence-corrected chi connectivity index (χ0v) is 10.0. The molecule has 0 radical (unpaired) electrons. The summed E-state index contributed by atoms with van der Waals surface area (Å²) in [5.41, 5.74) is 0. The summed E-state index contributed by atoms with van der Waals surface area (Å²) < 4.78 is 35.9. The molecule has 0 spiro atoms. The molecule has 18 heavy (non-hydrogen) atoms. The molecule has 5 nitrogen and oxygen atoms in total. The van der Waals surface area contributed by atoms with E-state index in [2.05, 4.69) is 4.98 Å². The Kier molecular flexibility index (Phi) is 4.28. The second kappa shape index (κ2) is 5.34. The molecule has 0 aliphatic rings. The monoisotopic (exact) mass is 282 g/mol. The molecule has 0 atom stereocenters. The largest absolute Gasteiger partial charge is 0.476 e. The molecule has 0 aliphatic heterocycles. The fraction of sp³-hybridized carbons (Fsp3) is 0.444. The Balaban J connectivity index is 2.65. The quantitative estimate of drug-likeness (QED) is 0.915. The number of nitrogens with zero attached hydrogens (tertiary/aromatic N) is 2. The normalized spacial score (nSPS) is 11.3. The summed E-state index contributed by atoms with van der Waals surface area (Å²) in [6.45, 7) is -0.483. The number of alkyl halides is 3. The van der Waals surface area contributed by atoms with Crippen LogP contribution in [0.25, 0.3) is 0 Å². The first-order valence-corrected chi connectivity index (χ1v) is 5.53. The second-order valence-corrected chi connectivity index (χ2v) is 4.46. The van der Waals surface area contributed by atoms with Gasteiger partial charge in [-0.25, -0.2) is 9.78 Å². The molecular formula is C9H9F3N2O3S. The van der Waals surface area contributed by atoms with Crippen molar-refractivity contribution in [1.29, 1.82) is 0 Å². The maximum atomic E-state index is 12.0. The lowest BCUT2D eigenvalue weighted by Gasteiger charge is -2.16. The van der Waals surface area contributed by atoms with Gasteiger partial charge in [-0.3, -0.25) is 4.79 Å². The Labute approximate surface area is 104 Å². The number of carbonyl (C=O) groups excluding carboxylic acids is 1. The van der Waals surface area contributed by atoms with Crippen LogP contribution in [0.2, 0.25) is 0 Å². The van der Waals surface area contributed by atoms with E-state index in [4.69, 9.17) is 5.11 Å². The van der Waals surface area contributed by atoms with Gasteiger partial charge in [-0.2, -0.15) is 13.2 Å². The lowest BCUT2D eigenvalue weighted by molar-refractivity contribution is -0.136. The van der Waals surface area contributed by atoms with Crippen LogP contribution >= 0.6 is 11.3 Å². The number of carboxylic acids is 1. The number of amides is 1. The highest BCUT2D eigenvalue weighted by atomic mass is 32.1. The van der Waals surface area contributed by atoms with Gasteiger partial charge in [0.05, 0.1) is 12.6 Å². The highest BCUT2D eigenvalue weighted by Crippen LogP contribution is 2.20. The van der Waals surface area contributed by atoms with E-state index in [0.717, 1.165) is 11.1 Å². The zero-order valence-electron chi connectivity index (χ0n) is 9.19. The molecular weight excluding hydrogens is 273 g/mol. The van der Waals surface area contributed by atoms with Crippen molar-refractivity contribution in [2.45, 2.75) is 12.6 Å². The van der Waals surface area contributed by atoms with Gasteiger partial charge < -0.3 is 10.0 Å². The summed E-state index contributed by atoms with van der Waals surface area (Å²) in [4.78, 5) is 26.5. The number of halogens is 3. The third-order valence-electron chi connectivity index (χ3n) is 1.98. The molecule has 0 unspecified atom stereocenters. The molecule has 0 aliphatic carbocycles. The average molecular weight is 282 g/mol. The van der Waals surface area contributed by atoms with Crippen LogP contribution in [0.5, 0.6) is 0 Å². The summed E-state index contributed by atoms with van der Waals surface area (Å²) in [7, 11) is 1.22. The summed E-state index contributed by atoms with van der Waals surface area (Å²) in [6, 6.07) is 0. The number of hydrogen-bond donors (Lipinski definition) is 1. The van der Waals surface area contributed by atoms with Crippen LogP contribution < -0.4 is 0 Å². The Bertz CT molecular complexity index is 458. The first-order chi connectivity index (χ1) is 8.20. The number of carboxylic acid groups (broad SMARTS) is 1. The molecule has 0 saturated heterocycles. The minimum absolute atomic E-state index is 0.00271. The smallest absolute Gasteiger partial charge is 0.390 e. The van der Waals surface area contributed by atoms with Gasteiger partial charge in [-0.15, -0.1) is 11.3 Å². The molecule has 1 aromatic heterocycles. The lowest BCUT2D eigenvalue weighted by Crippen LogP contribution is -2.30. The van der Waals surface area contributed by atoms with E-state index in [-0.39, 0.29) is 9.88 Å². The first kappa shape index (κ1) is 14.4. The molecule has 0 bridgehead atoms. The Morgan fingerprint density at radius 1 is 1.50 bits per heavy atom. The molecule has 1 N–H and O–H groups in total. The van der Waals surface area contributed by atoms with E-state index in [9.17, 15) is 22.8 Å². The Hall–Kier alpha value is -1.64. The van der Waals surface area contributed by atoms with Crippen molar-refractivity contribution in [1.82, 2.24) is 9.88 Å². The fourth-order valence-electron chi connectivity index (χ4n) is 1.06. The second-order valence-electron chi connectivity index (χ2n) is 3.43. The minimum Gasteiger partial charge on any atom is -0.476 e. The van der Waals surface area contributed by atoms with Gasteiger partial charge in [0.25, 0.3) is 5.91 Å². The fourth-order valence-corrected chi connectivity index (χ4v) is 1.81. The van der Waals surface area contributed by atoms with Crippen molar-refractivity contribution in [3.05, 3.63) is 16.1 Å². The van der Waals surface area contributed by atoms with E-state index >= 15 is 0 Å². The highest BCUT2D eigenvalue weighted by Gasteiger charge is 2.28. The molecule has 1 rings (SSSR count). The van der Waals surface area contributed by atoms with Crippen molar-refractivity contribution in [2.75, 3.05) is 13.6 Å². The predicted molar refractivity (Wildman–Crippen MR) is 56.7 cm³/mol. The van der Waals surface area contributed by atoms with Crippen molar-refractivity contribution in [2.24, 2.45) is 0 Å². The SMILES string of the molecule is CN(CCC(F)(F)F)C(=O)c1cnc(C(=O)O)s1. The average Bonchev–Trinajstić information content (AvgIpc) is 2.73. The summed E-state index contributed by atoms with van der Waals surface area (Å²) in [6.07, 6.45) is -4.41. The van der Waals surface area contributed by atoms with Crippen molar-refractivity contribution in [3.8, 4) is 0 Å². The van der Waals surface area contributed by atoms with Crippen molar-refractivity contribution >= 4 is 23.2 Å². The topological polar surface area (TPSA) is 70.5 Å². The summed E-state index contributed by atoms with van der Waals surface area (Å²) >= 11 is 0.628. The standard InChI is InChI=1S/C9H9F3N2O3S/c1-14(3-2-9(10,11)12)7(15)5-4-13-6(18-5)8(16)17/h4H,2-3H2,1H3,(H,16,17). The number of aromatic carboxylic acids is 1. The molecule has 0 fully saturated rings. The number of hydrogen-bond acceptors (Lipinski definition) is 4. The molecule has 1 heterocycles. The van der Waals surface area contributed by atoms with Crippen LogP contribution in [-0.4, -0.2) is 46.6 Å².